The number of furan rings is 1. The lowest BCUT2D eigenvalue weighted by Gasteiger charge is -2.31. The Kier molecular flexibility index (Phi) is 5.72. The molecule has 124 valence electrons. The zero-order valence-corrected chi connectivity index (χ0v) is 14.4. The molecule has 5 heteroatoms. The van der Waals surface area contributed by atoms with Gasteiger partial charge in [0.2, 0.25) is 5.91 Å². The first-order chi connectivity index (χ1) is 10.9. The van der Waals surface area contributed by atoms with E-state index < -0.39 is 0 Å². The molecule has 1 amide bonds. The molecule has 23 heavy (non-hydrogen) atoms. The van der Waals surface area contributed by atoms with Gasteiger partial charge in [0, 0.05) is 6.04 Å². The smallest absolute Gasteiger partial charge is 0.227 e. The highest BCUT2D eigenvalue weighted by Crippen LogP contribution is 2.24. The van der Waals surface area contributed by atoms with Gasteiger partial charge in [-0.3, -0.25) is 4.79 Å². The summed E-state index contributed by atoms with van der Waals surface area (Å²) in [4.78, 5) is 14.6. The molecule has 0 aliphatic carbocycles. The molecule has 1 atom stereocenters. The molecule has 0 radical (unpaired) electrons. The molecule has 1 unspecified atom stereocenters. The number of rotatable bonds is 6. The van der Waals surface area contributed by atoms with Crippen LogP contribution >= 0.6 is 11.6 Å². The third kappa shape index (κ3) is 4.52. The summed E-state index contributed by atoms with van der Waals surface area (Å²) in [6.45, 7) is 6.65. The number of carbonyl (C=O) groups excluding carboxylic acids is 1. The van der Waals surface area contributed by atoms with Crippen LogP contribution in [0, 0.1) is 5.92 Å². The van der Waals surface area contributed by atoms with Crippen molar-refractivity contribution < 1.29 is 14.3 Å². The summed E-state index contributed by atoms with van der Waals surface area (Å²) in [6.07, 6.45) is 1.84. The Morgan fingerprint density at radius 3 is 2.61 bits per heavy atom. The van der Waals surface area contributed by atoms with Crippen LogP contribution in [0.25, 0.3) is 0 Å². The predicted molar refractivity (Wildman–Crippen MR) is 90.4 cm³/mol. The van der Waals surface area contributed by atoms with Crippen LogP contribution in [0.4, 0.5) is 0 Å². The molecule has 0 aliphatic heterocycles. The number of halogens is 1. The number of amides is 1. The highest BCUT2D eigenvalue weighted by molar-refractivity contribution is 6.32. The zero-order valence-electron chi connectivity index (χ0n) is 13.6. The lowest BCUT2D eigenvalue weighted by atomic mass is 10.0. The van der Waals surface area contributed by atoms with Gasteiger partial charge < -0.3 is 14.4 Å². The van der Waals surface area contributed by atoms with E-state index in [1.807, 2.05) is 24.0 Å². The van der Waals surface area contributed by atoms with Crippen LogP contribution < -0.4 is 0 Å². The maximum absolute atomic E-state index is 12.8. The van der Waals surface area contributed by atoms with E-state index in [0.29, 0.717) is 12.5 Å². The SMILES string of the molecule is CC(C)C(C)N(Cc1ccco1)C(=O)Cc1ccc(O)c(Cl)c1. The first-order valence-electron chi connectivity index (χ1n) is 7.67. The molecular formula is C18H22ClNO3. The lowest BCUT2D eigenvalue weighted by molar-refractivity contribution is -0.134. The zero-order chi connectivity index (χ0) is 17.0. The quantitative estimate of drug-likeness (QED) is 0.858. The van der Waals surface area contributed by atoms with E-state index in [0.717, 1.165) is 11.3 Å². The van der Waals surface area contributed by atoms with Gasteiger partial charge in [0.25, 0.3) is 0 Å². The summed E-state index contributed by atoms with van der Waals surface area (Å²) in [7, 11) is 0. The topological polar surface area (TPSA) is 53.7 Å². The number of benzene rings is 1. The molecule has 4 nitrogen and oxygen atoms in total. The summed E-state index contributed by atoms with van der Waals surface area (Å²) in [6, 6.07) is 8.61. The molecule has 0 aliphatic rings. The minimum atomic E-state index is 0.00403. The Morgan fingerprint density at radius 2 is 2.04 bits per heavy atom. The maximum Gasteiger partial charge on any atom is 0.227 e. The summed E-state index contributed by atoms with van der Waals surface area (Å²) in [5.41, 5.74) is 0.776. The first-order valence-corrected chi connectivity index (χ1v) is 8.05. The average Bonchev–Trinajstić information content (AvgIpc) is 3.00. The van der Waals surface area contributed by atoms with Crippen molar-refractivity contribution in [1.82, 2.24) is 4.90 Å². The lowest BCUT2D eigenvalue weighted by Crippen LogP contribution is -2.41. The Bertz CT molecular complexity index is 652. The molecule has 0 saturated carbocycles. The second-order valence-electron chi connectivity index (χ2n) is 6.05. The largest absolute Gasteiger partial charge is 0.506 e. The van der Waals surface area contributed by atoms with Gasteiger partial charge in [-0.15, -0.1) is 0 Å². The number of phenolic OH excluding ortho intramolecular Hbond substituents is 1. The van der Waals surface area contributed by atoms with Crippen molar-refractivity contribution in [1.29, 1.82) is 0 Å². The van der Waals surface area contributed by atoms with Crippen LogP contribution in [0.5, 0.6) is 5.75 Å². The third-order valence-electron chi connectivity index (χ3n) is 4.05. The van der Waals surface area contributed by atoms with Gasteiger partial charge in [-0.2, -0.15) is 0 Å². The molecule has 0 fully saturated rings. The minimum absolute atomic E-state index is 0.00403. The van der Waals surface area contributed by atoms with E-state index in [1.54, 1.807) is 18.4 Å². The monoisotopic (exact) mass is 335 g/mol. The van der Waals surface area contributed by atoms with E-state index in [2.05, 4.69) is 13.8 Å². The number of nitrogens with zero attached hydrogens (tertiary/aromatic N) is 1. The molecule has 0 bridgehead atoms. The molecule has 2 aromatic rings. The Labute approximate surface area is 141 Å². The fourth-order valence-corrected chi connectivity index (χ4v) is 2.53. The number of phenols is 1. The maximum atomic E-state index is 12.8. The van der Waals surface area contributed by atoms with Crippen molar-refractivity contribution in [2.45, 2.75) is 39.8 Å². The predicted octanol–water partition coefficient (Wildman–Crippen LogP) is 4.25. The van der Waals surface area contributed by atoms with Crippen molar-refractivity contribution in [3.8, 4) is 5.75 Å². The van der Waals surface area contributed by atoms with Gasteiger partial charge in [0.15, 0.2) is 0 Å². The number of hydrogen-bond donors (Lipinski definition) is 1. The summed E-state index contributed by atoms with van der Waals surface area (Å²) in [5.74, 6) is 1.11. The Balaban J connectivity index is 2.16. The highest BCUT2D eigenvalue weighted by Gasteiger charge is 2.24. The molecule has 2 rings (SSSR count). The van der Waals surface area contributed by atoms with Gasteiger partial charge in [0.1, 0.15) is 11.5 Å². The molecule has 1 N–H and O–H groups in total. The van der Waals surface area contributed by atoms with Crippen LogP contribution in [0.1, 0.15) is 32.1 Å². The van der Waals surface area contributed by atoms with Crippen LogP contribution in [0.15, 0.2) is 41.0 Å². The molecule has 1 aromatic carbocycles. The van der Waals surface area contributed by atoms with Gasteiger partial charge in [-0.25, -0.2) is 0 Å². The van der Waals surface area contributed by atoms with E-state index in [4.69, 9.17) is 16.0 Å². The van der Waals surface area contributed by atoms with Gasteiger partial charge >= 0.3 is 0 Å². The van der Waals surface area contributed by atoms with Crippen LogP contribution in [0.3, 0.4) is 0 Å². The van der Waals surface area contributed by atoms with E-state index in [-0.39, 0.29) is 29.1 Å². The van der Waals surface area contributed by atoms with Crippen molar-refractivity contribution in [3.05, 3.63) is 52.9 Å². The Hall–Kier alpha value is -1.94. The second-order valence-corrected chi connectivity index (χ2v) is 6.46. The van der Waals surface area contributed by atoms with Gasteiger partial charge in [0.05, 0.1) is 24.3 Å². The second kappa shape index (κ2) is 7.55. The van der Waals surface area contributed by atoms with Gasteiger partial charge in [-0.05, 0) is 42.7 Å². The van der Waals surface area contributed by atoms with Crippen molar-refractivity contribution in [2.24, 2.45) is 5.92 Å². The van der Waals surface area contributed by atoms with Crippen molar-refractivity contribution >= 4 is 17.5 Å². The average molecular weight is 336 g/mol. The standard InChI is InChI=1S/C18H22ClNO3/c1-12(2)13(3)20(11-15-5-4-8-23-15)18(22)10-14-6-7-17(21)16(19)9-14/h4-9,12-13,21H,10-11H2,1-3H3. The molecule has 1 heterocycles. The fourth-order valence-electron chi connectivity index (χ4n) is 2.33. The summed E-state index contributed by atoms with van der Waals surface area (Å²) in [5, 5.41) is 9.73. The summed E-state index contributed by atoms with van der Waals surface area (Å²) < 4.78 is 5.38. The number of carbonyl (C=O) groups is 1. The Morgan fingerprint density at radius 1 is 1.30 bits per heavy atom. The van der Waals surface area contributed by atoms with Crippen LogP contribution in [0.2, 0.25) is 5.02 Å². The highest BCUT2D eigenvalue weighted by atomic mass is 35.5. The van der Waals surface area contributed by atoms with Crippen molar-refractivity contribution in [2.75, 3.05) is 0 Å². The molecule has 0 saturated heterocycles. The third-order valence-corrected chi connectivity index (χ3v) is 4.35. The van der Waals surface area contributed by atoms with E-state index >= 15 is 0 Å². The van der Waals surface area contributed by atoms with E-state index in [9.17, 15) is 9.90 Å². The van der Waals surface area contributed by atoms with E-state index in [1.165, 1.54) is 6.07 Å². The molecule has 1 aromatic heterocycles. The van der Waals surface area contributed by atoms with Crippen LogP contribution in [-0.4, -0.2) is 22.0 Å². The molecular weight excluding hydrogens is 314 g/mol. The van der Waals surface area contributed by atoms with Crippen molar-refractivity contribution in [3.63, 3.8) is 0 Å². The van der Waals surface area contributed by atoms with Crippen LogP contribution in [-0.2, 0) is 17.8 Å². The molecule has 0 spiro atoms. The van der Waals surface area contributed by atoms with Gasteiger partial charge in [-0.1, -0.05) is 31.5 Å². The number of aromatic hydroxyl groups is 1. The summed E-state index contributed by atoms with van der Waals surface area (Å²) >= 11 is 5.92. The fraction of sp³-hybridized carbons (Fsp3) is 0.389. The number of hydrogen-bond acceptors (Lipinski definition) is 3. The normalized spacial score (nSPS) is 12.4. The first kappa shape index (κ1) is 17.4. The minimum Gasteiger partial charge on any atom is -0.506 e.